The average Bonchev–Trinajstić information content (AvgIpc) is 1.00. The Balaban J connectivity index is 2.09. The Morgan fingerprint density at radius 3 is 1.04 bits per heavy atom. The van der Waals surface area contributed by atoms with Gasteiger partial charge in [0.05, 0.1) is 25.4 Å². The second-order valence-electron chi connectivity index (χ2n) is 26.8. The first-order valence-corrected chi connectivity index (χ1v) is 39.1. The highest BCUT2D eigenvalue weighted by Crippen LogP contribution is 2.23. The summed E-state index contributed by atoms with van der Waals surface area (Å²) in [6, 6.07) is -0.834. The first-order chi connectivity index (χ1) is 45.3. The molecule has 1 amide bonds. The molecule has 7 unspecified atom stereocenters. The van der Waals surface area contributed by atoms with Crippen molar-refractivity contribution in [3.05, 3.63) is 109 Å². The summed E-state index contributed by atoms with van der Waals surface area (Å²) in [6.07, 6.45) is 98.0. The van der Waals surface area contributed by atoms with E-state index in [4.69, 9.17) is 9.47 Å². The molecule has 1 fully saturated rings. The van der Waals surface area contributed by atoms with Crippen molar-refractivity contribution in [3.8, 4) is 0 Å². The monoisotopic (exact) mass is 1290 g/mol. The van der Waals surface area contributed by atoms with Gasteiger partial charge in [-0.1, -0.05) is 361 Å². The summed E-state index contributed by atoms with van der Waals surface area (Å²) in [6.45, 7) is 3.68. The van der Waals surface area contributed by atoms with E-state index in [0.717, 1.165) is 83.5 Å². The van der Waals surface area contributed by atoms with Crippen LogP contribution in [0, 0.1) is 0 Å². The van der Waals surface area contributed by atoms with Crippen molar-refractivity contribution >= 4 is 5.91 Å². The van der Waals surface area contributed by atoms with Crippen LogP contribution >= 0.6 is 0 Å². The lowest BCUT2D eigenvalue weighted by Gasteiger charge is -2.40. The lowest BCUT2D eigenvalue weighted by atomic mass is 9.99. The van der Waals surface area contributed by atoms with E-state index >= 15 is 0 Å². The summed E-state index contributed by atoms with van der Waals surface area (Å²) < 4.78 is 11.3. The number of allylic oxidation sites excluding steroid dienone is 17. The van der Waals surface area contributed by atoms with E-state index in [9.17, 15) is 30.3 Å². The lowest BCUT2D eigenvalue weighted by Crippen LogP contribution is -2.60. The van der Waals surface area contributed by atoms with E-state index in [2.05, 4.69) is 116 Å². The molecule has 0 aliphatic carbocycles. The molecule has 9 heteroatoms. The van der Waals surface area contributed by atoms with Gasteiger partial charge < -0.3 is 40.3 Å². The van der Waals surface area contributed by atoms with Crippen LogP contribution in [0.4, 0.5) is 0 Å². The molecule has 7 atom stereocenters. The van der Waals surface area contributed by atoms with Gasteiger partial charge in [0.25, 0.3) is 0 Å². The minimum absolute atomic E-state index is 0.187. The van der Waals surface area contributed by atoms with Crippen LogP contribution in [0.1, 0.15) is 354 Å². The van der Waals surface area contributed by atoms with Gasteiger partial charge in [0, 0.05) is 6.42 Å². The van der Waals surface area contributed by atoms with Gasteiger partial charge in [-0.25, -0.2) is 0 Å². The van der Waals surface area contributed by atoms with Crippen LogP contribution in [0.3, 0.4) is 0 Å². The number of rotatable bonds is 68. The number of amides is 1. The van der Waals surface area contributed by atoms with Crippen molar-refractivity contribution in [2.24, 2.45) is 0 Å². The molecular weight excluding hydrogens is 1140 g/mol. The van der Waals surface area contributed by atoms with Crippen LogP contribution in [-0.4, -0.2) is 87.5 Å². The zero-order valence-electron chi connectivity index (χ0n) is 59.8. The van der Waals surface area contributed by atoms with Crippen molar-refractivity contribution in [1.82, 2.24) is 5.32 Å². The number of aliphatic hydroxyl groups excluding tert-OH is 5. The van der Waals surface area contributed by atoms with Crippen LogP contribution in [0.25, 0.3) is 0 Å². The first-order valence-electron chi connectivity index (χ1n) is 39.1. The molecule has 6 N–H and O–H groups in total. The van der Waals surface area contributed by atoms with Gasteiger partial charge in [0.15, 0.2) is 6.29 Å². The minimum Gasteiger partial charge on any atom is -0.394 e. The highest BCUT2D eigenvalue weighted by molar-refractivity contribution is 5.76. The molecule has 0 aromatic rings. The molecule has 1 aliphatic heterocycles. The Kier molecular flexibility index (Phi) is 66.7. The molecule has 92 heavy (non-hydrogen) atoms. The number of aliphatic hydroxyl groups is 5. The minimum atomic E-state index is -1.58. The fourth-order valence-electron chi connectivity index (χ4n) is 12.0. The predicted molar refractivity (Wildman–Crippen MR) is 396 cm³/mol. The van der Waals surface area contributed by atoms with Gasteiger partial charge in [-0.05, 0) is 96.3 Å². The smallest absolute Gasteiger partial charge is 0.220 e. The third-order valence-electron chi connectivity index (χ3n) is 18.1. The number of carbonyl (C=O) groups is 1. The second-order valence-corrected chi connectivity index (χ2v) is 26.8. The highest BCUT2D eigenvalue weighted by atomic mass is 16.7. The molecule has 0 bridgehead atoms. The van der Waals surface area contributed by atoms with E-state index in [1.807, 2.05) is 6.08 Å². The largest absolute Gasteiger partial charge is 0.394 e. The van der Waals surface area contributed by atoms with Crippen molar-refractivity contribution in [2.75, 3.05) is 13.2 Å². The molecule has 532 valence electrons. The fraction of sp³-hybridized carbons (Fsp3) is 0.771. The van der Waals surface area contributed by atoms with Gasteiger partial charge in [-0.3, -0.25) is 4.79 Å². The summed E-state index contributed by atoms with van der Waals surface area (Å²) in [4.78, 5) is 13.2. The number of unbranched alkanes of at least 4 members (excludes halogenated alkanes) is 42. The first kappa shape index (κ1) is 86.9. The van der Waals surface area contributed by atoms with E-state index in [1.54, 1.807) is 6.08 Å². The Morgan fingerprint density at radius 2 is 0.685 bits per heavy atom. The van der Waals surface area contributed by atoms with Gasteiger partial charge >= 0.3 is 0 Å². The number of nitrogens with one attached hydrogen (secondary N) is 1. The van der Waals surface area contributed by atoms with Crippen molar-refractivity contribution < 1.29 is 39.8 Å². The fourth-order valence-corrected chi connectivity index (χ4v) is 12.0. The summed E-state index contributed by atoms with van der Waals surface area (Å²) in [5.74, 6) is -0.187. The quantitative estimate of drug-likeness (QED) is 0.0261. The third kappa shape index (κ3) is 58.2. The highest BCUT2D eigenvalue weighted by Gasteiger charge is 2.44. The van der Waals surface area contributed by atoms with Crippen LogP contribution in [0.2, 0.25) is 0 Å². The van der Waals surface area contributed by atoms with Crippen LogP contribution in [-0.2, 0) is 14.3 Å². The molecule has 0 aromatic carbocycles. The normalized spacial score (nSPS) is 18.3. The second kappa shape index (κ2) is 70.6. The topological polar surface area (TPSA) is 149 Å². The summed E-state index contributed by atoms with van der Waals surface area (Å²) in [7, 11) is 0. The summed E-state index contributed by atoms with van der Waals surface area (Å²) in [5.41, 5.74) is 0. The number of hydrogen-bond acceptors (Lipinski definition) is 8. The molecule has 0 radical (unpaired) electrons. The molecular formula is C83H147NO8. The van der Waals surface area contributed by atoms with E-state index in [0.29, 0.717) is 6.42 Å². The van der Waals surface area contributed by atoms with Crippen molar-refractivity contribution in [3.63, 3.8) is 0 Å². The Morgan fingerprint density at radius 1 is 0.380 bits per heavy atom. The maximum atomic E-state index is 13.2. The number of carbonyl (C=O) groups excluding carboxylic acids is 1. The molecule has 0 saturated carbocycles. The molecule has 0 spiro atoms. The zero-order chi connectivity index (χ0) is 66.4. The molecule has 1 saturated heterocycles. The SMILES string of the molecule is CC/C=C\C/C=C\C/C=C\C/C=C\C/C=C\C/C=C\CCCCCCCCCCCCCCCCCCCCCCCCC(=O)NC(COC1OC(CO)C(O)C(O)C1O)C(O)/C=C/CC/C=C/CC/C=C/CCCCCCCCCCCCCCCCCCCC. The van der Waals surface area contributed by atoms with Gasteiger partial charge in [0.2, 0.25) is 5.91 Å². The maximum absolute atomic E-state index is 13.2. The van der Waals surface area contributed by atoms with Crippen LogP contribution < -0.4 is 5.32 Å². The predicted octanol–water partition coefficient (Wildman–Crippen LogP) is 22.4. The zero-order valence-corrected chi connectivity index (χ0v) is 59.8. The van der Waals surface area contributed by atoms with E-state index in [1.165, 1.54) is 250 Å². The Bertz CT molecular complexity index is 1830. The Hall–Kier alpha value is -3.15. The maximum Gasteiger partial charge on any atom is 0.220 e. The average molecular weight is 1290 g/mol. The standard InChI is InChI=1S/C83H147NO8/c1-3-5-7-9-11-13-15-17-19-21-23-25-27-29-31-33-34-35-36-37-38-39-40-41-42-43-44-45-47-49-51-53-55-57-59-61-63-65-67-69-71-73-79(87)84-76(75-91-83-82(90)81(89)80(88)78(74-85)92-83)77(86)72-70-68-66-64-62-60-58-56-54-52-50-48-46-32-30-28-26-24-22-20-18-16-14-12-10-8-6-4-2/h5,7,11,13,17,19,23,25,29,31,34-35,54,56,62,64,70,72,76-78,80-83,85-86,88-90H,3-4,6,8-10,12,14-16,18,20-22,24,26-28,30,32-33,36-53,55,57-61,63,65-69,71,73-75H2,1-2H3,(H,84,87)/b7-5-,13-11-,19-17-,25-23-,31-29-,35-34-,56-54+,64-62+,72-70+. The molecule has 1 heterocycles. The van der Waals surface area contributed by atoms with Crippen molar-refractivity contribution in [1.29, 1.82) is 0 Å². The third-order valence-corrected chi connectivity index (χ3v) is 18.1. The van der Waals surface area contributed by atoms with Crippen LogP contribution in [0.15, 0.2) is 109 Å². The van der Waals surface area contributed by atoms with Gasteiger partial charge in [-0.2, -0.15) is 0 Å². The number of hydrogen-bond donors (Lipinski definition) is 6. The van der Waals surface area contributed by atoms with Gasteiger partial charge in [0.1, 0.15) is 24.4 Å². The van der Waals surface area contributed by atoms with Crippen LogP contribution in [0.5, 0.6) is 0 Å². The molecule has 0 aromatic heterocycles. The van der Waals surface area contributed by atoms with Gasteiger partial charge in [-0.15, -0.1) is 0 Å². The summed E-state index contributed by atoms with van der Waals surface area (Å²) >= 11 is 0. The number of ether oxygens (including phenoxy) is 2. The van der Waals surface area contributed by atoms with E-state index < -0.39 is 49.5 Å². The Labute approximate surface area is 567 Å². The molecule has 1 aliphatic rings. The lowest BCUT2D eigenvalue weighted by molar-refractivity contribution is -0.302. The summed E-state index contributed by atoms with van der Waals surface area (Å²) in [5, 5.41) is 54.8. The molecule has 9 nitrogen and oxygen atoms in total. The molecule has 1 rings (SSSR count). The van der Waals surface area contributed by atoms with E-state index in [-0.39, 0.29) is 12.5 Å². The van der Waals surface area contributed by atoms with Crippen molar-refractivity contribution in [2.45, 2.75) is 397 Å².